The van der Waals surface area contributed by atoms with Crippen molar-refractivity contribution >= 4 is 21.9 Å². The highest BCUT2D eigenvalue weighted by molar-refractivity contribution is 9.10. The van der Waals surface area contributed by atoms with E-state index in [0.717, 1.165) is 15.8 Å². The fraction of sp³-hybridized carbons (Fsp3) is 0.235. The first kappa shape index (κ1) is 15.6. The molecule has 0 spiro atoms. The first-order chi connectivity index (χ1) is 10.1. The van der Waals surface area contributed by atoms with Gasteiger partial charge < -0.3 is 9.47 Å². The smallest absolute Gasteiger partial charge is 0.310 e. The van der Waals surface area contributed by atoms with Gasteiger partial charge in [-0.05, 0) is 31.2 Å². The number of benzene rings is 2. The van der Waals surface area contributed by atoms with Crippen molar-refractivity contribution in [2.24, 2.45) is 0 Å². The second kappa shape index (κ2) is 7.27. The normalized spacial score (nSPS) is 10.2. The molecule has 0 bridgehead atoms. The Balaban J connectivity index is 2.14. The molecule has 2 aromatic carbocycles. The lowest BCUT2D eigenvalue weighted by Gasteiger charge is -2.13. The van der Waals surface area contributed by atoms with E-state index in [1.54, 1.807) is 13.0 Å². The Bertz CT molecular complexity index is 620. The summed E-state index contributed by atoms with van der Waals surface area (Å²) >= 11 is 3.47. The van der Waals surface area contributed by atoms with Gasteiger partial charge in [-0.15, -0.1) is 0 Å². The Hall–Kier alpha value is -1.81. The third-order valence-corrected chi connectivity index (χ3v) is 3.74. The third-order valence-electron chi connectivity index (χ3n) is 2.99. The van der Waals surface area contributed by atoms with E-state index in [1.807, 2.05) is 43.3 Å². The molecular weight excluding hydrogens is 332 g/mol. The van der Waals surface area contributed by atoms with E-state index in [-0.39, 0.29) is 5.97 Å². The van der Waals surface area contributed by atoms with E-state index in [2.05, 4.69) is 15.9 Å². The lowest BCUT2D eigenvalue weighted by atomic mass is 10.2. The number of carbonyl (C=O) groups is 1. The second-order valence-corrected chi connectivity index (χ2v) is 5.50. The van der Waals surface area contributed by atoms with Crippen molar-refractivity contribution in [3.05, 3.63) is 58.1 Å². The molecule has 0 saturated carbocycles. The number of rotatable bonds is 5. The minimum Gasteiger partial charge on any atom is -0.489 e. The maximum Gasteiger partial charge on any atom is 0.310 e. The number of carbonyl (C=O) groups excluding carboxylic acids is 1. The van der Waals surface area contributed by atoms with Crippen LogP contribution < -0.4 is 9.47 Å². The lowest BCUT2D eigenvalue weighted by Crippen LogP contribution is -2.09. The molecule has 21 heavy (non-hydrogen) atoms. The summed E-state index contributed by atoms with van der Waals surface area (Å²) < 4.78 is 12.0. The highest BCUT2D eigenvalue weighted by atomic mass is 79.9. The summed E-state index contributed by atoms with van der Waals surface area (Å²) in [6, 6.07) is 13.3. The fourth-order valence-corrected chi connectivity index (χ4v) is 2.22. The van der Waals surface area contributed by atoms with Crippen LogP contribution in [-0.4, -0.2) is 5.97 Å². The number of esters is 1. The van der Waals surface area contributed by atoms with Gasteiger partial charge in [0.1, 0.15) is 18.1 Å². The van der Waals surface area contributed by atoms with Crippen molar-refractivity contribution in [1.82, 2.24) is 0 Å². The summed E-state index contributed by atoms with van der Waals surface area (Å²) in [6.07, 6.45) is 0.338. The molecule has 0 amide bonds. The molecule has 4 heteroatoms. The SMILES string of the molecule is CCC(=O)Oc1cccc(Br)c1COc1ccc(C)cc1. The molecule has 0 saturated heterocycles. The van der Waals surface area contributed by atoms with Crippen LogP contribution in [-0.2, 0) is 11.4 Å². The van der Waals surface area contributed by atoms with Crippen molar-refractivity contribution < 1.29 is 14.3 Å². The fourth-order valence-electron chi connectivity index (χ4n) is 1.76. The molecule has 0 aromatic heterocycles. The first-order valence-corrected chi connectivity index (χ1v) is 7.57. The van der Waals surface area contributed by atoms with Gasteiger partial charge in [-0.2, -0.15) is 0 Å². The molecule has 0 aliphatic carbocycles. The first-order valence-electron chi connectivity index (χ1n) is 6.77. The molecule has 0 fully saturated rings. The Labute approximate surface area is 133 Å². The molecule has 0 radical (unpaired) electrons. The van der Waals surface area contributed by atoms with Gasteiger partial charge >= 0.3 is 5.97 Å². The van der Waals surface area contributed by atoms with Gasteiger partial charge in [0, 0.05) is 16.5 Å². The van der Waals surface area contributed by atoms with Crippen molar-refractivity contribution in [3.8, 4) is 11.5 Å². The number of aryl methyl sites for hydroxylation is 1. The molecule has 0 aliphatic rings. The zero-order valence-electron chi connectivity index (χ0n) is 12.1. The Morgan fingerprint density at radius 1 is 1.14 bits per heavy atom. The van der Waals surface area contributed by atoms with Gasteiger partial charge in [0.15, 0.2) is 0 Å². The maximum atomic E-state index is 11.5. The van der Waals surface area contributed by atoms with Crippen molar-refractivity contribution in [2.75, 3.05) is 0 Å². The van der Waals surface area contributed by atoms with E-state index in [4.69, 9.17) is 9.47 Å². The number of hydrogen-bond acceptors (Lipinski definition) is 3. The highest BCUT2D eigenvalue weighted by Crippen LogP contribution is 2.28. The van der Waals surface area contributed by atoms with Crippen LogP contribution in [0.25, 0.3) is 0 Å². The Morgan fingerprint density at radius 3 is 2.52 bits per heavy atom. The van der Waals surface area contributed by atoms with E-state index >= 15 is 0 Å². The number of halogens is 1. The van der Waals surface area contributed by atoms with Crippen LogP contribution in [0.3, 0.4) is 0 Å². The molecule has 0 unspecified atom stereocenters. The average Bonchev–Trinajstić information content (AvgIpc) is 2.48. The molecule has 2 rings (SSSR count). The minimum atomic E-state index is -0.260. The molecule has 0 atom stereocenters. The maximum absolute atomic E-state index is 11.5. The van der Waals surface area contributed by atoms with Crippen LogP contribution in [0.15, 0.2) is 46.9 Å². The quantitative estimate of drug-likeness (QED) is 0.582. The second-order valence-electron chi connectivity index (χ2n) is 4.65. The van der Waals surface area contributed by atoms with E-state index in [9.17, 15) is 4.79 Å². The predicted molar refractivity (Wildman–Crippen MR) is 85.6 cm³/mol. The lowest BCUT2D eigenvalue weighted by molar-refractivity contribution is -0.134. The summed E-state index contributed by atoms with van der Waals surface area (Å²) in [6.45, 7) is 4.12. The van der Waals surface area contributed by atoms with E-state index < -0.39 is 0 Å². The number of ether oxygens (including phenoxy) is 2. The van der Waals surface area contributed by atoms with Crippen molar-refractivity contribution in [1.29, 1.82) is 0 Å². The minimum absolute atomic E-state index is 0.260. The average molecular weight is 349 g/mol. The van der Waals surface area contributed by atoms with Crippen molar-refractivity contribution in [2.45, 2.75) is 26.9 Å². The van der Waals surface area contributed by atoms with Crippen LogP contribution in [0.1, 0.15) is 24.5 Å². The van der Waals surface area contributed by atoms with Gasteiger partial charge in [-0.1, -0.05) is 46.6 Å². The molecule has 3 nitrogen and oxygen atoms in total. The molecule has 0 aliphatic heterocycles. The van der Waals surface area contributed by atoms with Gasteiger partial charge in [0.2, 0.25) is 0 Å². The Kier molecular flexibility index (Phi) is 5.39. The van der Waals surface area contributed by atoms with Gasteiger partial charge in [0.05, 0.1) is 0 Å². The molecular formula is C17H17BrO3. The molecule has 110 valence electrons. The third kappa shape index (κ3) is 4.33. The zero-order chi connectivity index (χ0) is 15.2. The van der Waals surface area contributed by atoms with Crippen LogP contribution in [0.5, 0.6) is 11.5 Å². The topological polar surface area (TPSA) is 35.5 Å². The summed E-state index contributed by atoms with van der Waals surface area (Å²) in [5.74, 6) is 1.05. The van der Waals surface area contributed by atoms with Gasteiger partial charge in [0.25, 0.3) is 0 Å². The van der Waals surface area contributed by atoms with Crippen LogP contribution in [0.2, 0.25) is 0 Å². The predicted octanol–water partition coefficient (Wildman–Crippen LogP) is 4.65. The highest BCUT2D eigenvalue weighted by Gasteiger charge is 2.11. The molecule has 0 heterocycles. The Morgan fingerprint density at radius 2 is 1.86 bits per heavy atom. The standard InChI is InChI=1S/C17H17BrO3/c1-3-17(19)21-16-6-4-5-15(18)14(16)11-20-13-9-7-12(2)8-10-13/h4-10H,3,11H2,1-2H3. The van der Waals surface area contributed by atoms with Crippen LogP contribution in [0, 0.1) is 6.92 Å². The number of hydrogen-bond donors (Lipinski definition) is 0. The summed E-state index contributed by atoms with van der Waals surface area (Å²) in [5, 5.41) is 0. The largest absolute Gasteiger partial charge is 0.489 e. The van der Waals surface area contributed by atoms with E-state index in [0.29, 0.717) is 18.8 Å². The zero-order valence-corrected chi connectivity index (χ0v) is 13.6. The van der Waals surface area contributed by atoms with Crippen LogP contribution in [0.4, 0.5) is 0 Å². The summed E-state index contributed by atoms with van der Waals surface area (Å²) in [4.78, 5) is 11.5. The van der Waals surface area contributed by atoms with Gasteiger partial charge in [-0.3, -0.25) is 4.79 Å². The summed E-state index contributed by atoms with van der Waals surface area (Å²) in [7, 11) is 0. The van der Waals surface area contributed by atoms with Crippen LogP contribution >= 0.6 is 15.9 Å². The van der Waals surface area contributed by atoms with Crippen molar-refractivity contribution in [3.63, 3.8) is 0 Å². The molecule has 2 aromatic rings. The van der Waals surface area contributed by atoms with Gasteiger partial charge in [-0.25, -0.2) is 0 Å². The van der Waals surface area contributed by atoms with E-state index in [1.165, 1.54) is 5.56 Å². The monoisotopic (exact) mass is 348 g/mol. The molecule has 0 N–H and O–H groups in total. The summed E-state index contributed by atoms with van der Waals surface area (Å²) in [5.41, 5.74) is 2.00.